The molecule has 3 aromatic carbocycles. The zero-order valence-corrected chi connectivity index (χ0v) is 25.8. The molecule has 7 rings (SSSR count). The van der Waals surface area contributed by atoms with E-state index in [4.69, 9.17) is 0 Å². The zero-order chi connectivity index (χ0) is 31.3. The summed E-state index contributed by atoms with van der Waals surface area (Å²) >= 11 is 0. The third-order valence-electron chi connectivity index (χ3n) is 9.49. The molecule has 7 heteroatoms. The van der Waals surface area contributed by atoms with Crippen LogP contribution in [-0.2, 0) is 19.4 Å². The average molecular weight is 612 g/mol. The smallest absolute Gasteiger partial charge is 0.318 e. The van der Waals surface area contributed by atoms with Crippen molar-refractivity contribution in [3.05, 3.63) is 155 Å². The summed E-state index contributed by atoms with van der Waals surface area (Å²) < 4.78 is 15.5. The van der Waals surface area contributed by atoms with Crippen LogP contribution in [0, 0.1) is 17.7 Å². The summed E-state index contributed by atoms with van der Waals surface area (Å²) in [5.74, 6) is 0.578. The molecule has 1 saturated carbocycles. The number of halogens is 1. The van der Waals surface area contributed by atoms with Crippen LogP contribution in [0.4, 0.5) is 9.18 Å². The fourth-order valence-corrected chi connectivity index (χ4v) is 7.06. The van der Waals surface area contributed by atoms with Gasteiger partial charge < -0.3 is 10.2 Å². The van der Waals surface area contributed by atoms with Gasteiger partial charge in [0.05, 0.1) is 35.9 Å². The highest BCUT2D eigenvalue weighted by molar-refractivity contribution is 5.74. The summed E-state index contributed by atoms with van der Waals surface area (Å²) in [4.78, 5) is 20.5. The van der Waals surface area contributed by atoms with E-state index in [1.807, 2.05) is 70.4 Å². The lowest BCUT2D eigenvalue weighted by Gasteiger charge is -2.31. The number of benzene rings is 3. The van der Waals surface area contributed by atoms with Gasteiger partial charge in [-0.1, -0.05) is 72.3 Å². The number of allylic oxidation sites excluding steroid dienone is 1. The maximum atomic E-state index is 14.1. The monoisotopic (exact) mass is 611 g/mol. The molecule has 0 aliphatic heterocycles. The fourth-order valence-electron chi connectivity index (χ4n) is 7.06. The Bertz CT molecular complexity index is 1790. The Morgan fingerprint density at radius 3 is 2.48 bits per heavy atom. The van der Waals surface area contributed by atoms with Crippen molar-refractivity contribution in [3.8, 4) is 5.69 Å². The molecule has 3 atom stereocenters. The van der Waals surface area contributed by atoms with Gasteiger partial charge in [-0.25, -0.2) is 13.9 Å². The number of urea groups is 1. The Hall–Kier alpha value is -5.04. The van der Waals surface area contributed by atoms with Crippen molar-refractivity contribution in [2.45, 2.75) is 44.7 Å². The average Bonchev–Trinajstić information content (AvgIpc) is 3.70. The Labute approximate surface area is 269 Å². The van der Waals surface area contributed by atoms with E-state index in [1.165, 1.54) is 28.8 Å². The lowest BCUT2D eigenvalue weighted by Crippen LogP contribution is -2.43. The molecular weight excluding hydrogens is 573 g/mol. The van der Waals surface area contributed by atoms with Gasteiger partial charge in [-0.3, -0.25) is 4.98 Å². The molecule has 46 heavy (non-hydrogen) atoms. The van der Waals surface area contributed by atoms with Crippen molar-refractivity contribution in [2.24, 2.45) is 11.8 Å². The number of carbonyl (C=O) groups excluding carboxylic acids is 1. The normalized spacial score (nSPS) is 17.5. The maximum absolute atomic E-state index is 14.1. The van der Waals surface area contributed by atoms with E-state index in [0.717, 1.165) is 54.7 Å². The minimum Gasteiger partial charge on any atom is -0.331 e. The van der Waals surface area contributed by atoms with Gasteiger partial charge in [0.2, 0.25) is 0 Å². The molecule has 5 aromatic rings. The minimum atomic E-state index is -0.252. The first-order valence-electron chi connectivity index (χ1n) is 16.2. The Morgan fingerprint density at radius 2 is 1.72 bits per heavy atom. The van der Waals surface area contributed by atoms with Crippen molar-refractivity contribution in [3.63, 3.8) is 0 Å². The summed E-state index contributed by atoms with van der Waals surface area (Å²) in [7, 11) is 0. The van der Waals surface area contributed by atoms with E-state index in [1.54, 1.807) is 18.3 Å². The number of nitrogens with zero attached hydrogens (tertiary/aromatic N) is 4. The molecule has 2 aliphatic carbocycles. The van der Waals surface area contributed by atoms with Crippen LogP contribution in [0.3, 0.4) is 0 Å². The van der Waals surface area contributed by atoms with Crippen LogP contribution in [-0.4, -0.2) is 32.2 Å². The van der Waals surface area contributed by atoms with E-state index in [0.29, 0.717) is 24.9 Å². The largest absolute Gasteiger partial charge is 0.331 e. The predicted molar refractivity (Wildman–Crippen MR) is 179 cm³/mol. The van der Waals surface area contributed by atoms with E-state index in [-0.39, 0.29) is 17.9 Å². The number of rotatable bonds is 10. The molecule has 2 amide bonds. The number of amides is 2. The van der Waals surface area contributed by atoms with Gasteiger partial charge in [-0.05, 0) is 103 Å². The molecule has 0 bridgehead atoms. The molecule has 2 aromatic heterocycles. The first-order valence-corrected chi connectivity index (χ1v) is 16.2. The predicted octanol–water partition coefficient (Wildman–Crippen LogP) is 7.96. The van der Waals surface area contributed by atoms with Crippen molar-refractivity contribution in [1.29, 1.82) is 0 Å². The molecule has 1 N–H and O–H groups in total. The number of hydrogen-bond donors (Lipinski definition) is 1. The van der Waals surface area contributed by atoms with Crippen LogP contribution in [0.25, 0.3) is 11.8 Å². The van der Waals surface area contributed by atoms with E-state index in [9.17, 15) is 9.18 Å². The van der Waals surface area contributed by atoms with Crippen molar-refractivity contribution in [2.75, 3.05) is 6.54 Å². The van der Waals surface area contributed by atoms with Crippen LogP contribution in [0.15, 0.2) is 121 Å². The second-order valence-electron chi connectivity index (χ2n) is 12.4. The summed E-state index contributed by atoms with van der Waals surface area (Å²) in [6.45, 7) is 1.04. The number of carbonyl (C=O) groups is 1. The number of aromatic nitrogens is 3. The number of nitrogens with one attached hydrogen (secondary N) is 1. The van der Waals surface area contributed by atoms with Crippen molar-refractivity contribution >= 4 is 12.1 Å². The molecule has 0 radical (unpaired) electrons. The molecular formula is C39H38FN5O. The third-order valence-corrected chi connectivity index (χ3v) is 9.49. The number of hydrogen-bond acceptors (Lipinski definition) is 3. The van der Waals surface area contributed by atoms with E-state index < -0.39 is 0 Å². The lowest BCUT2D eigenvalue weighted by molar-refractivity contribution is 0.187. The van der Waals surface area contributed by atoms with Crippen molar-refractivity contribution in [1.82, 2.24) is 25.0 Å². The molecule has 0 saturated heterocycles. The van der Waals surface area contributed by atoms with Crippen LogP contribution in [0.5, 0.6) is 0 Å². The minimum absolute atomic E-state index is 0.0734. The van der Waals surface area contributed by atoms with Crippen LogP contribution in [0.2, 0.25) is 0 Å². The van der Waals surface area contributed by atoms with Crippen LogP contribution >= 0.6 is 0 Å². The summed E-state index contributed by atoms with van der Waals surface area (Å²) in [5, 5.41) is 8.13. The Balaban J connectivity index is 1.10. The highest BCUT2D eigenvalue weighted by atomic mass is 19.1. The first-order chi connectivity index (χ1) is 22.6. The Morgan fingerprint density at radius 1 is 0.957 bits per heavy atom. The van der Waals surface area contributed by atoms with Gasteiger partial charge in [0.15, 0.2) is 0 Å². The third kappa shape index (κ3) is 6.64. The van der Waals surface area contributed by atoms with Gasteiger partial charge in [0.25, 0.3) is 0 Å². The van der Waals surface area contributed by atoms with Gasteiger partial charge in [0.1, 0.15) is 5.82 Å². The highest BCUT2D eigenvalue weighted by Gasteiger charge is 2.37. The second-order valence-corrected chi connectivity index (χ2v) is 12.4. The SMILES string of the molecule is O=C(NC(CC1CCC2=Cc3c(cnn3-c3ccc(F)cc3)CC21)c1ccccc1)N(CCc1ccccc1)Cc1ccccn1. The topological polar surface area (TPSA) is 63.1 Å². The molecule has 6 nitrogen and oxygen atoms in total. The molecule has 2 heterocycles. The standard InChI is InChI=1S/C39H38FN5O/c40-33-16-18-35(19-17-33)45-38-25-31-15-14-30(36(31)23-32(38)26-42-45)24-37(29-11-5-2-6-12-29)43-39(46)44(27-34-13-7-8-21-41-34)22-20-28-9-3-1-4-10-28/h1-13,16-19,21,25-26,30,36-37H,14-15,20,22-24,27H2,(H,43,46). The number of pyridine rings is 1. The molecule has 3 unspecified atom stereocenters. The summed E-state index contributed by atoms with van der Waals surface area (Å²) in [6, 6.07) is 32.8. The molecule has 1 fully saturated rings. The summed E-state index contributed by atoms with van der Waals surface area (Å²) in [6.07, 6.45) is 10.7. The van der Waals surface area contributed by atoms with Gasteiger partial charge in [-0.2, -0.15) is 5.10 Å². The van der Waals surface area contributed by atoms with Gasteiger partial charge in [-0.15, -0.1) is 0 Å². The Kier molecular flexibility index (Phi) is 8.72. The van der Waals surface area contributed by atoms with Gasteiger partial charge >= 0.3 is 6.03 Å². The first kappa shape index (κ1) is 29.7. The lowest BCUT2D eigenvalue weighted by atomic mass is 9.80. The summed E-state index contributed by atoms with van der Waals surface area (Å²) in [5.41, 5.74) is 7.80. The van der Waals surface area contributed by atoms with Crippen LogP contribution < -0.4 is 5.32 Å². The maximum Gasteiger partial charge on any atom is 0.318 e. The molecule has 232 valence electrons. The fraction of sp³-hybridized carbons (Fsp3) is 0.256. The molecule has 2 aliphatic rings. The zero-order valence-electron chi connectivity index (χ0n) is 25.8. The highest BCUT2D eigenvalue weighted by Crippen LogP contribution is 2.47. The van der Waals surface area contributed by atoms with E-state index in [2.05, 4.69) is 45.7 Å². The number of fused-ring (bicyclic) bond motifs is 2. The van der Waals surface area contributed by atoms with E-state index >= 15 is 0 Å². The molecule has 0 spiro atoms. The quantitative estimate of drug-likeness (QED) is 0.174. The second kappa shape index (κ2) is 13.5. The van der Waals surface area contributed by atoms with Crippen molar-refractivity contribution < 1.29 is 9.18 Å². The van der Waals surface area contributed by atoms with Crippen LogP contribution in [0.1, 0.15) is 53.4 Å². The van der Waals surface area contributed by atoms with Gasteiger partial charge in [0, 0.05) is 12.7 Å².